The molecule has 0 aliphatic rings. The van der Waals surface area contributed by atoms with Crippen LogP contribution in [0.2, 0.25) is 0 Å². The molecule has 0 aliphatic carbocycles. The minimum atomic E-state index is -0.742. The first-order valence-corrected chi connectivity index (χ1v) is 4.86. The molecule has 1 aromatic heterocycles. The van der Waals surface area contributed by atoms with Crippen molar-refractivity contribution in [1.29, 1.82) is 0 Å². The molecule has 0 saturated heterocycles. The van der Waals surface area contributed by atoms with E-state index in [1.807, 2.05) is 0 Å². The number of hydrogen-bond acceptors (Lipinski definition) is 5. The number of carbonyl (C=O) groups excluding carboxylic acids is 1. The number of esters is 1. The molecule has 0 atom stereocenters. The van der Waals surface area contributed by atoms with Gasteiger partial charge in [0.15, 0.2) is 11.3 Å². The van der Waals surface area contributed by atoms with E-state index in [4.69, 9.17) is 9.15 Å². The molecule has 0 saturated carbocycles. The van der Waals surface area contributed by atoms with Crippen molar-refractivity contribution in [3.8, 4) is 5.75 Å². The van der Waals surface area contributed by atoms with Crippen LogP contribution in [-0.4, -0.2) is 20.2 Å². The van der Waals surface area contributed by atoms with Crippen LogP contribution in [0.15, 0.2) is 33.5 Å². The number of rotatable bonds is 2. The Labute approximate surface area is 96.6 Å². The first-order chi connectivity index (χ1) is 8.17. The fourth-order valence-corrected chi connectivity index (χ4v) is 1.53. The molecule has 2 aromatic rings. The monoisotopic (exact) mass is 234 g/mol. The highest BCUT2D eigenvalue weighted by Gasteiger charge is 2.15. The summed E-state index contributed by atoms with van der Waals surface area (Å²) in [5, 5.41) is 0.601. The van der Waals surface area contributed by atoms with E-state index in [0.29, 0.717) is 16.7 Å². The van der Waals surface area contributed by atoms with Gasteiger partial charge in [-0.1, -0.05) is 12.1 Å². The summed E-state index contributed by atoms with van der Waals surface area (Å²) >= 11 is 0. The molecule has 1 heterocycles. The Kier molecular flexibility index (Phi) is 2.82. The van der Waals surface area contributed by atoms with E-state index in [2.05, 4.69) is 4.74 Å². The molecule has 1 aromatic carbocycles. The van der Waals surface area contributed by atoms with Gasteiger partial charge in [-0.15, -0.1) is 0 Å². The Hall–Kier alpha value is -2.30. The van der Waals surface area contributed by atoms with Gasteiger partial charge in [0, 0.05) is 5.39 Å². The molecule has 0 N–H and O–H groups in total. The zero-order valence-electron chi connectivity index (χ0n) is 9.35. The van der Waals surface area contributed by atoms with Crippen molar-refractivity contribution >= 4 is 16.9 Å². The second-order valence-electron chi connectivity index (χ2n) is 3.32. The van der Waals surface area contributed by atoms with E-state index in [-0.39, 0.29) is 5.56 Å². The number of hydrogen-bond donors (Lipinski definition) is 0. The largest absolute Gasteiger partial charge is 0.493 e. The van der Waals surface area contributed by atoms with Gasteiger partial charge in [-0.3, -0.25) is 0 Å². The number of para-hydroxylation sites is 1. The molecule has 5 heteroatoms. The maximum Gasteiger partial charge on any atom is 0.351 e. The van der Waals surface area contributed by atoms with Crippen LogP contribution in [0.25, 0.3) is 11.0 Å². The van der Waals surface area contributed by atoms with Gasteiger partial charge in [0.1, 0.15) is 5.56 Å². The third kappa shape index (κ3) is 1.87. The first kappa shape index (κ1) is 11.2. The second kappa shape index (κ2) is 4.29. The average Bonchev–Trinajstić information content (AvgIpc) is 2.36. The van der Waals surface area contributed by atoms with Gasteiger partial charge >= 0.3 is 11.6 Å². The summed E-state index contributed by atoms with van der Waals surface area (Å²) in [4.78, 5) is 22.9. The third-order valence-corrected chi connectivity index (χ3v) is 2.35. The zero-order chi connectivity index (χ0) is 12.4. The quantitative estimate of drug-likeness (QED) is 0.583. The summed E-state index contributed by atoms with van der Waals surface area (Å²) in [5.74, 6) is -0.278. The predicted molar refractivity (Wildman–Crippen MR) is 60.4 cm³/mol. The lowest BCUT2D eigenvalue weighted by Gasteiger charge is -2.04. The van der Waals surface area contributed by atoms with Gasteiger partial charge in [-0.05, 0) is 12.1 Å². The number of carbonyl (C=O) groups is 1. The van der Waals surface area contributed by atoms with Crippen LogP contribution in [0.4, 0.5) is 0 Å². The molecule has 0 bridgehead atoms. The Balaban J connectivity index is 2.75. The fourth-order valence-electron chi connectivity index (χ4n) is 1.53. The maximum atomic E-state index is 11.6. The van der Waals surface area contributed by atoms with E-state index in [9.17, 15) is 9.59 Å². The van der Waals surface area contributed by atoms with Gasteiger partial charge in [-0.25, -0.2) is 9.59 Å². The second-order valence-corrected chi connectivity index (χ2v) is 3.32. The number of methoxy groups -OCH3 is 2. The lowest BCUT2D eigenvalue weighted by atomic mass is 10.2. The smallest absolute Gasteiger partial charge is 0.351 e. The van der Waals surface area contributed by atoms with Crippen LogP contribution >= 0.6 is 0 Å². The van der Waals surface area contributed by atoms with Gasteiger partial charge in [-0.2, -0.15) is 0 Å². The van der Waals surface area contributed by atoms with Crippen LogP contribution < -0.4 is 10.4 Å². The molecule has 88 valence electrons. The molecular weight excluding hydrogens is 224 g/mol. The molecule has 0 spiro atoms. The minimum Gasteiger partial charge on any atom is -0.493 e. The van der Waals surface area contributed by atoms with Crippen LogP contribution in [0.1, 0.15) is 10.4 Å². The molecule has 2 rings (SSSR count). The van der Waals surface area contributed by atoms with Gasteiger partial charge in [0.2, 0.25) is 0 Å². The number of ether oxygens (including phenoxy) is 2. The Morgan fingerprint density at radius 1 is 1.29 bits per heavy atom. The fraction of sp³-hybridized carbons (Fsp3) is 0.167. The molecule has 0 radical (unpaired) electrons. The molecule has 0 unspecified atom stereocenters. The van der Waals surface area contributed by atoms with Crippen molar-refractivity contribution in [2.45, 2.75) is 0 Å². The molecule has 0 aliphatic heterocycles. The Morgan fingerprint density at radius 3 is 2.71 bits per heavy atom. The summed E-state index contributed by atoms with van der Waals surface area (Å²) in [6.07, 6.45) is 0. The SMILES string of the molecule is COC(=O)c1cc2cccc(OC)c2oc1=O. The first-order valence-electron chi connectivity index (χ1n) is 4.86. The van der Waals surface area contributed by atoms with Crippen LogP contribution in [0.5, 0.6) is 5.75 Å². The minimum absolute atomic E-state index is 0.131. The van der Waals surface area contributed by atoms with Crippen molar-refractivity contribution in [3.63, 3.8) is 0 Å². The topological polar surface area (TPSA) is 65.7 Å². The molecular formula is C12H10O5. The average molecular weight is 234 g/mol. The predicted octanol–water partition coefficient (Wildman–Crippen LogP) is 1.59. The summed E-state index contributed by atoms with van der Waals surface area (Å²) in [7, 11) is 2.68. The summed E-state index contributed by atoms with van der Waals surface area (Å²) in [5.41, 5.74) is -0.560. The van der Waals surface area contributed by atoms with Gasteiger partial charge < -0.3 is 13.9 Å². The molecule has 5 nitrogen and oxygen atoms in total. The number of fused-ring (bicyclic) bond motifs is 1. The summed E-state index contributed by atoms with van der Waals surface area (Å²) in [6, 6.07) is 6.55. The van der Waals surface area contributed by atoms with Crippen molar-refractivity contribution in [3.05, 3.63) is 40.2 Å². The van der Waals surface area contributed by atoms with E-state index in [1.165, 1.54) is 20.3 Å². The van der Waals surface area contributed by atoms with E-state index >= 15 is 0 Å². The lowest BCUT2D eigenvalue weighted by Crippen LogP contribution is -2.15. The highest BCUT2D eigenvalue weighted by molar-refractivity contribution is 5.93. The molecule has 0 amide bonds. The molecule has 17 heavy (non-hydrogen) atoms. The van der Waals surface area contributed by atoms with E-state index < -0.39 is 11.6 Å². The molecule has 0 fully saturated rings. The summed E-state index contributed by atoms with van der Waals surface area (Å²) in [6.45, 7) is 0. The number of benzene rings is 1. The van der Waals surface area contributed by atoms with Crippen molar-refractivity contribution < 1.29 is 18.7 Å². The van der Waals surface area contributed by atoms with Crippen LogP contribution in [0, 0.1) is 0 Å². The van der Waals surface area contributed by atoms with Crippen molar-refractivity contribution in [2.75, 3.05) is 14.2 Å². The lowest BCUT2D eigenvalue weighted by molar-refractivity contribution is 0.0596. The van der Waals surface area contributed by atoms with E-state index in [1.54, 1.807) is 18.2 Å². The van der Waals surface area contributed by atoms with Gasteiger partial charge in [0.05, 0.1) is 14.2 Å². The summed E-state index contributed by atoms with van der Waals surface area (Å²) < 4.78 is 14.6. The Bertz CT molecular complexity index is 626. The van der Waals surface area contributed by atoms with Crippen LogP contribution in [0.3, 0.4) is 0 Å². The highest BCUT2D eigenvalue weighted by Crippen LogP contribution is 2.24. The maximum absolute atomic E-state index is 11.6. The van der Waals surface area contributed by atoms with E-state index in [0.717, 1.165) is 0 Å². The Morgan fingerprint density at radius 2 is 2.06 bits per heavy atom. The zero-order valence-corrected chi connectivity index (χ0v) is 9.35. The van der Waals surface area contributed by atoms with Crippen molar-refractivity contribution in [1.82, 2.24) is 0 Å². The van der Waals surface area contributed by atoms with Crippen LogP contribution in [-0.2, 0) is 4.74 Å². The normalized spacial score (nSPS) is 10.2. The van der Waals surface area contributed by atoms with Gasteiger partial charge in [0.25, 0.3) is 0 Å². The standard InChI is InChI=1S/C12H10O5/c1-15-9-5-3-4-7-6-8(11(13)16-2)12(14)17-10(7)9/h3-6H,1-2H3. The third-order valence-electron chi connectivity index (χ3n) is 2.35. The highest BCUT2D eigenvalue weighted by atomic mass is 16.5. The van der Waals surface area contributed by atoms with Crippen molar-refractivity contribution in [2.24, 2.45) is 0 Å².